The minimum absolute atomic E-state index is 0.0562. The average molecular weight is 383 g/mol. The maximum absolute atomic E-state index is 12.8. The predicted molar refractivity (Wildman–Crippen MR) is 102 cm³/mol. The van der Waals surface area contributed by atoms with E-state index in [0.717, 1.165) is 30.3 Å². The van der Waals surface area contributed by atoms with Crippen LogP contribution in [0.2, 0.25) is 5.02 Å². The van der Waals surface area contributed by atoms with Crippen molar-refractivity contribution < 1.29 is 4.79 Å². The van der Waals surface area contributed by atoms with Crippen molar-refractivity contribution in [3.05, 3.63) is 71.0 Å². The highest BCUT2D eigenvalue weighted by Gasteiger charge is 2.22. The van der Waals surface area contributed by atoms with Gasteiger partial charge in [0.1, 0.15) is 6.33 Å². The van der Waals surface area contributed by atoms with Crippen molar-refractivity contribution in [2.45, 2.75) is 6.54 Å². The topological polar surface area (TPSA) is 67.2 Å². The number of aromatic nitrogens is 4. The Hall–Kier alpha value is -2.77. The van der Waals surface area contributed by atoms with Crippen LogP contribution in [0.3, 0.4) is 0 Å². The van der Waals surface area contributed by atoms with Crippen molar-refractivity contribution in [3.8, 4) is 5.69 Å². The summed E-state index contributed by atoms with van der Waals surface area (Å²) in [5, 5.41) is 11.8. The first kappa shape index (κ1) is 17.6. The molecule has 0 radical (unpaired) electrons. The monoisotopic (exact) mass is 382 g/mol. The van der Waals surface area contributed by atoms with E-state index in [0.29, 0.717) is 18.7 Å². The molecule has 0 bridgehead atoms. The molecule has 0 saturated carbocycles. The number of rotatable bonds is 4. The minimum Gasteiger partial charge on any atom is -0.336 e. The zero-order valence-electron chi connectivity index (χ0n) is 14.7. The van der Waals surface area contributed by atoms with E-state index in [1.165, 1.54) is 11.9 Å². The second kappa shape index (κ2) is 7.85. The molecule has 1 aliphatic heterocycles. The Labute approximate surface area is 162 Å². The Morgan fingerprint density at radius 3 is 2.48 bits per heavy atom. The van der Waals surface area contributed by atoms with Gasteiger partial charge in [0.25, 0.3) is 5.91 Å². The van der Waals surface area contributed by atoms with E-state index in [2.05, 4.69) is 26.5 Å². The van der Waals surface area contributed by atoms with Crippen LogP contribution in [0.4, 0.5) is 0 Å². The summed E-state index contributed by atoms with van der Waals surface area (Å²) in [5.74, 6) is 0.0562. The lowest BCUT2D eigenvalue weighted by Gasteiger charge is -2.34. The van der Waals surface area contributed by atoms with Gasteiger partial charge in [0.15, 0.2) is 0 Å². The Balaban J connectivity index is 1.34. The molecule has 27 heavy (non-hydrogen) atoms. The van der Waals surface area contributed by atoms with Gasteiger partial charge in [-0.25, -0.2) is 4.68 Å². The van der Waals surface area contributed by atoms with Gasteiger partial charge < -0.3 is 4.90 Å². The first-order valence-electron chi connectivity index (χ1n) is 8.78. The molecule has 1 aliphatic rings. The van der Waals surface area contributed by atoms with Gasteiger partial charge in [-0.3, -0.25) is 9.69 Å². The largest absolute Gasteiger partial charge is 0.336 e. The fraction of sp³-hybridized carbons (Fsp3) is 0.263. The van der Waals surface area contributed by atoms with E-state index < -0.39 is 0 Å². The van der Waals surface area contributed by atoms with Crippen LogP contribution in [0.25, 0.3) is 5.69 Å². The fourth-order valence-corrected chi connectivity index (χ4v) is 3.43. The number of hydrogen-bond donors (Lipinski definition) is 0. The second-order valence-corrected chi connectivity index (χ2v) is 6.94. The molecule has 2 heterocycles. The molecule has 1 saturated heterocycles. The van der Waals surface area contributed by atoms with Gasteiger partial charge in [-0.05, 0) is 52.4 Å². The zero-order chi connectivity index (χ0) is 18.6. The van der Waals surface area contributed by atoms with E-state index in [1.54, 1.807) is 4.68 Å². The lowest BCUT2D eigenvalue weighted by Crippen LogP contribution is -2.48. The predicted octanol–water partition coefficient (Wildman–Crippen LogP) is 2.27. The Kier molecular flexibility index (Phi) is 5.13. The minimum atomic E-state index is 0.0562. The molecular formula is C19H19ClN6O. The summed E-state index contributed by atoms with van der Waals surface area (Å²) in [6, 6.07) is 15.2. The molecule has 0 aliphatic carbocycles. The third kappa shape index (κ3) is 4.15. The van der Waals surface area contributed by atoms with Crippen LogP contribution in [0.1, 0.15) is 15.9 Å². The summed E-state index contributed by atoms with van der Waals surface area (Å²) in [4.78, 5) is 17.0. The Morgan fingerprint density at radius 1 is 1.04 bits per heavy atom. The lowest BCUT2D eigenvalue weighted by atomic mass is 10.1. The van der Waals surface area contributed by atoms with Gasteiger partial charge >= 0.3 is 0 Å². The van der Waals surface area contributed by atoms with Crippen molar-refractivity contribution in [1.29, 1.82) is 0 Å². The van der Waals surface area contributed by atoms with Crippen molar-refractivity contribution in [2.75, 3.05) is 26.2 Å². The van der Waals surface area contributed by atoms with Crippen LogP contribution in [0.5, 0.6) is 0 Å². The number of nitrogens with zero attached hydrogens (tertiary/aromatic N) is 6. The Bertz CT molecular complexity index is 904. The van der Waals surface area contributed by atoms with Gasteiger partial charge in [0, 0.05) is 43.3 Å². The van der Waals surface area contributed by atoms with Crippen molar-refractivity contribution in [1.82, 2.24) is 30.0 Å². The lowest BCUT2D eigenvalue weighted by molar-refractivity contribution is 0.0628. The van der Waals surface area contributed by atoms with Crippen molar-refractivity contribution in [2.24, 2.45) is 0 Å². The fourth-order valence-electron chi connectivity index (χ4n) is 3.22. The maximum atomic E-state index is 12.8. The molecule has 3 aromatic rings. The van der Waals surface area contributed by atoms with Crippen molar-refractivity contribution >= 4 is 17.5 Å². The summed E-state index contributed by atoms with van der Waals surface area (Å²) >= 11 is 6.06. The number of halogens is 1. The summed E-state index contributed by atoms with van der Waals surface area (Å²) < 4.78 is 1.56. The molecule has 4 rings (SSSR count). The molecule has 1 amide bonds. The molecule has 0 spiro atoms. The number of tetrazole rings is 1. The molecule has 1 fully saturated rings. The average Bonchev–Trinajstić information content (AvgIpc) is 3.23. The van der Waals surface area contributed by atoms with Crippen LogP contribution >= 0.6 is 11.6 Å². The number of carbonyl (C=O) groups is 1. The quantitative estimate of drug-likeness (QED) is 0.692. The van der Waals surface area contributed by atoms with Crippen molar-refractivity contribution in [3.63, 3.8) is 0 Å². The normalized spacial score (nSPS) is 15.1. The van der Waals surface area contributed by atoms with E-state index in [1.807, 2.05) is 47.4 Å². The van der Waals surface area contributed by atoms with Crippen LogP contribution in [0, 0.1) is 0 Å². The van der Waals surface area contributed by atoms with E-state index in [4.69, 9.17) is 11.6 Å². The van der Waals surface area contributed by atoms with E-state index >= 15 is 0 Å². The van der Waals surface area contributed by atoms with Gasteiger partial charge in [-0.1, -0.05) is 23.7 Å². The smallest absolute Gasteiger partial charge is 0.253 e. The second-order valence-electron chi connectivity index (χ2n) is 6.50. The number of benzene rings is 2. The van der Waals surface area contributed by atoms with Crippen LogP contribution in [-0.2, 0) is 6.54 Å². The van der Waals surface area contributed by atoms with Gasteiger partial charge in [-0.15, -0.1) is 5.10 Å². The molecule has 7 nitrogen and oxygen atoms in total. The molecule has 0 unspecified atom stereocenters. The Morgan fingerprint density at radius 2 is 1.81 bits per heavy atom. The van der Waals surface area contributed by atoms with Gasteiger partial charge in [0.05, 0.1) is 5.69 Å². The molecule has 0 N–H and O–H groups in total. The van der Waals surface area contributed by atoms with Crippen LogP contribution < -0.4 is 0 Å². The van der Waals surface area contributed by atoms with Crippen LogP contribution in [-0.4, -0.2) is 62.1 Å². The SMILES string of the molecule is O=C(c1ccc(-n2cnnn2)cc1)N1CCN(Cc2cccc(Cl)c2)CC1. The molecule has 0 atom stereocenters. The third-order valence-electron chi connectivity index (χ3n) is 4.68. The highest BCUT2D eigenvalue weighted by molar-refractivity contribution is 6.30. The number of carbonyl (C=O) groups excluding carboxylic acids is 1. The third-order valence-corrected chi connectivity index (χ3v) is 4.92. The highest BCUT2D eigenvalue weighted by Crippen LogP contribution is 2.16. The van der Waals surface area contributed by atoms with Gasteiger partial charge in [0.2, 0.25) is 0 Å². The van der Waals surface area contributed by atoms with E-state index in [-0.39, 0.29) is 5.91 Å². The summed E-state index contributed by atoms with van der Waals surface area (Å²) in [7, 11) is 0. The van der Waals surface area contributed by atoms with Crippen LogP contribution in [0.15, 0.2) is 54.9 Å². The molecular weight excluding hydrogens is 364 g/mol. The summed E-state index contributed by atoms with van der Waals surface area (Å²) in [6.07, 6.45) is 1.52. The standard InChI is InChI=1S/C19H19ClN6O/c20-17-3-1-2-15(12-17)13-24-8-10-25(11-9-24)19(27)16-4-6-18(7-5-16)26-14-21-22-23-26/h1-7,12,14H,8-11,13H2. The molecule has 2 aromatic carbocycles. The zero-order valence-corrected chi connectivity index (χ0v) is 15.5. The number of amides is 1. The first-order valence-corrected chi connectivity index (χ1v) is 9.16. The maximum Gasteiger partial charge on any atom is 0.253 e. The molecule has 138 valence electrons. The summed E-state index contributed by atoms with van der Waals surface area (Å²) in [6.45, 7) is 3.98. The van der Waals surface area contributed by atoms with E-state index in [9.17, 15) is 4.79 Å². The highest BCUT2D eigenvalue weighted by atomic mass is 35.5. The number of piperazine rings is 1. The number of hydrogen-bond acceptors (Lipinski definition) is 5. The molecule has 1 aromatic heterocycles. The molecule has 8 heteroatoms. The summed E-state index contributed by atoms with van der Waals surface area (Å²) in [5.41, 5.74) is 2.69. The van der Waals surface area contributed by atoms with Gasteiger partial charge in [-0.2, -0.15) is 0 Å². The first-order chi connectivity index (χ1) is 13.2.